The van der Waals surface area contributed by atoms with Gasteiger partial charge >= 0.3 is 0 Å². The van der Waals surface area contributed by atoms with Crippen molar-refractivity contribution in [1.29, 1.82) is 0 Å². The second-order valence-corrected chi connectivity index (χ2v) is 10.1. The van der Waals surface area contributed by atoms with Gasteiger partial charge in [0, 0.05) is 43.2 Å². The Balaban J connectivity index is 1.56. The van der Waals surface area contributed by atoms with Crippen molar-refractivity contribution in [3.05, 3.63) is 42.0 Å². The van der Waals surface area contributed by atoms with E-state index in [4.69, 9.17) is 9.47 Å². The summed E-state index contributed by atoms with van der Waals surface area (Å²) in [7, 11) is -0.245. The van der Waals surface area contributed by atoms with Gasteiger partial charge in [-0.3, -0.25) is 9.59 Å². The standard InChI is InChI=1S/C23H26N2O6S/c1-30-20-9-6-17(13-21(20)31-2)25-14-16(12-22(25)26)23(27)24-10-4-5-15-11-18(32(3,28)29)7-8-19(15)24/h6-9,11,13,16H,4-5,10,12,14H2,1-3H3. The van der Waals surface area contributed by atoms with Crippen LogP contribution in [-0.2, 0) is 25.8 Å². The van der Waals surface area contributed by atoms with Crippen LogP contribution in [0.4, 0.5) is 11.4 Å². The summed E-state index contributed by atoms with van der Waals surface area (Å²) in [6.07, 6.45) is 2.75. The molecule has 2 heterocycles. The number of fused-ring (bicyclic) bond motifs is 1. The Morgan fingerprint density at radius 3 is 2.50 bits per heavy atom. The van der Waals surface area contributed by atoms with Crippen molar-refractivity contribution in [2.75, 3.05) is 43.4 Å². The molecule has 1 unspecified atom stereocenters. The molecule has 4 rings (SSSR count). The highest BCUT2D eigenvalue weighted by Gasteiger charge is 2.39. The summed E-state index contributed by atoms with van der Waals surface area (Å²) < 4.78 is 34.4. The van der Waals surface area contributed by atoms with Crippen molar-refractivity contribution in [2.45, 2.75) is 24.2 Å². The van der Waals surface area contributed by atoms with Crippen molar-refractivity contribution in [3.63, 3.8) is 0 Å². The molecule has 0 aliphatic carbocycles. The Bertz CT molecular complexity index is 1180. The molecule has 8 nitrogen and oxygen atoms in total. The van der Waals surface area contributed by atoms with E-state index < -0.39 is 15.8 Å². The van der Waals surface area contributed by atoms with Crippen LogP contribution < -0.4 is 19.3 Å². The second kappa shape index (κ2) is 8.46. The second-order valence-electron chi connectivity index (χ2n) is 8.10. The molecule has 0 spiro atoms. The smallest absolute Gasteiger partial charge is 0.232 e. The third kappa shape index (κ3) is 4.04. The number of ether oxygens (including phenoxy) is 2. The molecular weight excluding hydrogens is 432 g/mol. The molecule has 0 saturated carbocycles. The Kier molecular flexibility index (Phi) is 5.85. The molecular formula is C23H26N2O6S. The number of amides is 2. The summed E-state index contributed by atoms with van der Waals surface area (Å²) in [6.45, 7) is 0.825. The molecule has 1 fully saturated rings. The topological polar surface area (TPSA) is 93.2 Å². The number of carbonyl (C=O) groups excluding carboxylic acids is 2. The fourth-order valence-corrected chi connectivity index (χ4v) is 5.04. The van der Waals surface area contributed by atoms with Gasteiger partial charge in [0.2, 0.25) is 11.8 Å². The molecule has 1 saturated heterocycles. The number of nitrogens with zero attached hydrogens (tertiary/aromatic N) is 2. The van der Waals surface area contributed by atoms with Gasteiger partial charge < -0.3 is 19.3 Å². The zero-order valence-electron chi connectivity index (χ0n) is 18.3. The van der Waals surface area contributed by atoms with Crippen LogP contribution in [0.3, 0.4) is 0 Å². The lowest BCUT2D eigenvalue weighted by Crippen LogP contribution is -2.40. The SMILES string of the molecule is COc1ccc(N2CC(C(=O)N3CCCc4cc(S(C)(=O)=O)ccc43)CC2=O)cc1OC. The van der Waals surface area contributed by atoms with Crippen LogP contribution in [0.2, 0.25) is 0 Å². The number of methoxy groups -OCH3 is 2. The predicted octanol–water partition coefficient (Wildman–Crippen LogP) is 2.44. The minimum absolute atomic E-state index is 0.116. The summed E-state index contributed by atoms with van der Waals surface area (Å²) >= 11 is 0. The lowest BCUT2D eigenvalue weighted by Gasteiger charge is -2.31. The number of carbonyl (C=O) groups is 2. The minimum Gasteiger partial charge on any atom is -0.493 e. The summed E-state index contributed by atoms with van der Waals surface area (Å²) in [5.74, 6) is 0.360. The molecule has 32 heavy (non-hydrogen) atoms. The Morgan fingerprint density at radius 1 is 1.06 bits per heavy atom. The van der Waals surface area contributed by atoms with Crippen molar-refractivity contribution >= 4 is 33.0 Å². The molecule has 0 bridgehead atoms. The van der Waals surface area contributed by atoms with E-state index in [1.165, 1.54) is 19.4 Å². The Hall–Kier alpha value is -3.07. The van der Waals surface area contributed by atoms with Crippen LogP contribution >= 0.6 is 0 Å². The molecule has 2 aliphatic rings. The van der Waals surface area contributed by atoms with E-state index in [1.807, 2.05) is 0 Å². The average molecular weight is 459 g/mol. The first kappa shape index (κ1) is 22.1. The number of rotatable bonds is 5. The third-order valence-electron chi connectivity index (χ3n) is 6.02. The first-order valence-electron chi connectivity index (χ1n) is 10.4. The van der Waals surface area contributed by atoms with Crippen molar-refractivity contribution in [2.24, 2.45) is 5.92 Å². The molecule has 2 aromatic carbocycles. The first-order valence-corrected chi connectivity index (χ1v) is 12.3. The van der Waals surface area contributed by atoms with Crippen molar-refractivity contribution < 1.29 is 27.5 Å². The van der Waals surface area contributed by atoms with Gasteiger partial charge in [-0.05, 0) is 48.7 Å². The molecule has 2 amide bonds. The molecule has 1 atom stereocenters. The fourth-order valence-electron chi connectivity index (χ4n) is 4.37. The van der Waals surface area contributed by atoms with Crippen LogP contribution in [-0.4, -0.2) is 53.8 Å². The zero-order chi connectivity index (χ0) is 23.0. The third-order valence-corrected chi connectivity index (χ3v) is 7.13. The number of hydrogen-bond donors (Lipinski definition) is 0. The fraction of sp³-hybridized carbons (Fsp3) is 0.391. The van der Waals surface area contributed by atoms with Crippen molar-refractivity contribution in [3.8, 4) is 11.5 Å². The molecule has 2 aliphatic heterocycles. The van der Waals surface area contributed by atoms with Gasteiger partial charge in [0.05, 0.1) is 25.0 Å². The zero-order valence-corrected chi connectivity index (χ0v) is 19.1. The van der Waals surface area contributed by atoms with Crippen LogP contribution in [0.5, 0.6) is 11.5 Å². The Morgan fingerprint density at radius 2 is 1.81 bits per heavy atom. The van der Waals surface area contributed by atoms with Gasteiger partial charge in [-0.2, -0.15) is 0 Å². The average Bonchev–Trinajstić information content (AvgIpc) is 3.18. The van der Waals surface area contributed by atoms with Gasteiger partial charge in [-0.1, -0.05) is 0 Å². The lowest BCUT2D eigenvalue weighted by molar-refractivity contribution is -0.124. The molecule has 170 valence electrons. The van der Waals surface area contributed by atoms with E-state index in [9.17, 15) is 18.0 Å². The largest absolute Gasteiger partial charge is 0.493 e. The predicted molar refractivity (Wildman–Crippen MR) is 120 cm³/mol. The van der Waals surface area contributed by atoms with E-state index in [0.717, 1.165) is 17.7 Å². The highest BCUT2D eigenvalue weighted by molar-refractivity contribution is 7.90. The summed E-state index contributed by atoms with van der Waals surface area (Å²) in [5.41, 5.74) is 2.22. The molecule has 9 heteroatoms. The number of anilines is 2. The van der Waals surface area contributed by atoms with Gasteiger partial charge in [-0.25, -0.2) is 8.42 Å². The highest BCUT2D eigenvalue weighted by Crippen LogP contribution is 2.36. The molecule has 0 aromatic heterocycles. The van der Waals surface area contributed by atoms with Crippen LogP contribution in [0.1, 0.15) is 18.4 Å². The number of sulfone groups is 1. The first-order chi connectivity index (χ1) is 15.2. The van der Waals surface area contributed by atoms with Gasteiger partial charge in [0.1, 0.15) is 0 Å². The van der Waals surface area contributed by atoms with E-state index >= 15 is 0 Å². The number of benzene rings is 2. The summed E-state index contributed by atoms with van der Waals surface area (Å²) in [6, 6.07) is 10.1. The van der Waals surface area contributed by atoms with Gasteiger partial charge in [-0.15, -0.1) is 0 Å². The molecule has 0 N–H and O–H groups in total. The summed E-state index contributed by atoms with van der Waals surface area (Å²) in [5, 5.41) is 0. The maximum Gasteiger partial charge on any atom is 0.232 e. The minimum atomic E-state index is -3.32. The van der Waals surface area contributed by atoms with E-state index in [0.29, 0.717) is 30.2 Å². The monoisotopic (exact) mass is 458 g/mol. The number of hydrogen-bond acceptors (Lipinski definition) is 6. The maximum absolute atomic E-state index is 13.4. The Labute approximate surface area is 187 Å². The number of aryl methyl sites for hydroxylation is 1. The lowest BCUT2D eigenvalue weighted by atomic mass is 9.99. The van der Waals surface area contributed by atoms with E-state index in [-0.39, 0.29) is 29.7 Å². The van der Waals surface area contributed by atoms with Crippen molar-refractivity contribution in [1.82, 2.24) is 0 Å². The maximum atomic E-state index is 13.4. The van der Waals surface area contributed by atoms with E-state index in [2.05, 4.69) is 0 Å². The van der Waals surface area contributed by atoms with Gasteiger partial charge in [0.15, 0.2) is 21.3 Å². The van der Waals surface area contributed by atoms with Crippen LogP contribution in [0, 0.1) is 5.92 Å². The molecule has 0 radical (unpaired) electrons. The summed E-state index contributed by atoms with van der Waals surface area (Å²) in [4.78, 5) is 29.7. The van der Waals surface area contributed by atoms with E-state index in [1.54, 1.807) is 47.2 Å². The molecule has 2 aromatic rings. The highest BCUT2D eigenvalue weighted by atomic mass is 32.2. The van der Waals surface area contributed by atoms with Gasteiger partial charge in [0.25, 0.3) is 0 Å². The quantitative estimate of drug-likeness (QED) is 0.683. The normalized spacial score (nSPS) is 18.5. The van der Waals surface area contributed by atoms with Crippen LogP contribution in [0.15, 0.2) is 41.3 Å². The van der Waals surface area contributed by atoms with Crippen LogP contribution in [0.25, 0.3) is 0 Å².